The van der Waals surface area contributed by atoms with Crippen molar-refractivity contribution in [3.8, 4) is 6.07 Å². The molecule has 0 aliphatic carbocycles. The van der Waals surface area contributed by atoms with E-state index in [-0.39, 0.29) is 6.10 Å². The van der Waals surface area contributed by atoms with Gasteiger partial charge in [0.05, 0.1) is 11.7 Å². The molecule has 1 saturated heterocycles. The molecular weight excluding hydrogens is 274 g/mol. The number of benzene rings is 1. The average molecular weight is 293 g/mol. The fourth-order valence-electron chi connectivity index (χ4n) is 2.86. The SMILES string of the molecule is N#Cc1ccc(NC[C@H]2CCCO[C@H]2c2ccccc2)nc1. The van der Waals surface area contributed by atoms with Crippen LogP contribution in [0.3, 0.4) is 0 Å². The van der Waals surface area contributed by atoms with Crippen molar-refractivity contribution in [2.75, 3.05) is 18.5 Å². The Bertz CT molecular complexity index is 634. The number of rotatable bonds is 4. The summed E-state index contributed by atoms with van der Waals surface area (Å²) < 4.78 is 6.00. The zero-order chi connectivity index (χ0) is 15.2. The third-order valence-corrected chi connectivity index (χ3v) is 4.01. The Balaban J connectivity index is 1.65. The lowest BCUT2D eigenvalue weighted by Gasteiger charge is -2.32. The van der Waals surface area contributed by atoms with Crippen LogP contribution in [0, 0.1) is 17.2 Å². The Kier molecular flexibility index (Phi) is 4.67. The molecule has 2 aromatic rings. The quantitative estimate of drug-likeness (QED) is 0.937. The first-order chi connectivity index (χ1) is 10.9. The number of ether oxygens (including phenoxy) is 1. The summed E-state index contributed by atoms with van der Waals surface area (Å²) in [7, 11) is 0. The van der Waals surface area contributed by atoms with Gasteiger partial charge in [-0.3, -0.25) is 0 Å². The van der Waals surface area contributed by atoms with E-state index in [1.807, 2.05) is 12.1 Å². The van der Waals surface area contributed by atoms with E-state index in [0.717, 1.165) is 31.8 Å². The zero-order valence-corrected chi connectivity index (χ0v) is 12.4. The van der Waals surface area contributed by atoms with Gasteiger partial charge in [-0.2, -0.15) is 5.26 Å². The van der Waals surface area contributed by atoms with E-state index >= 15 is 0 Å². The molecule has 0 unspecified atom stereocenters. The standard InChI is InChI=1S/C18H19N3O/c19-11-14-8-9-17(20-12-14)21-13-16-7-4-10-22-18(16)15-5-2-1-3-6-15/h1-3,5-6,8-9,12,16,18H,4,7,10,13H2,(H,20,21)/t16-,18+/m1/s1. The molecule has 1 aliphatic heterocycles. The first-order valence-corrected chi connectivity index (χ1v) is 7.63. The van der Waals surface area contributed by atoms with Crippen LogP contribution >= 0.6 is 0 Å². The Morgan fingerprint density at radius 1 is 1.23 bits per heavy atom. The fraction of sp³-hybridized carbons (Fsp3) is 0.333. The molecule has 22 heavy (non-hydrogen) atoms. The molecule has 0 saturated carbocycles. The summed E-state index contributed by atoms with van der Waals surface area (Å²) in [5.41, 5.74) is 1.82. The largest absolute Gasteiger partial charge is 0.373 e. The van der Waals surface area contributed by atoms with Gasteiger partial charge in [-0.1, -0.05) is 30.3 Å². The van der Waals surface area contributed by atoms with Gasteiger partial charge in [-0.25, -0.2) is 4.98 Å². The molecule has 0 radical (unpaired) electrons. The normalized spacial score (nSPS) is 21.0. The molecule has 1 aromatic carbocycles. The van der Waals surface area contributed by atoms with Crippen LogP contribution in [0.5, 0.6) is 0 Å². The third kappa shape index (κ3) is 3.44. The van der Waals surface area contributed by atoms with E-state index in [1.165, 1.54) is 5.56 Å². The van der Waals surface area contributed by atoms with Crippen LogP contribution in [0.25, 0.3) is 0 Å². The van der Waals surface area contributed by atoms with Gasteiger partial charge < -0.3 is 10.1 Å². The van der Waals surface area contributed by atoms with Crippen molar-refractivity contribution in [2.45, 2.75) is 18.9 Å². The highest BCUT2D eigenvalue weighted by molar-refractivity contribution is 5.39. The molecular formula is C18H19N3O. The van der Waals surface area contributed by atoms with Crippen molar-refractivity contribution in [3.63, 3.8) is 0 Å². The number of nitrogens with zero attached hydrogens (tertiary/aromatic N) is 2. The third-order valence-electron chi connectivity index (χ3n) is 4.01. The van der Waals surface area contributed by atoms with E-state index in [0.29, 0.717) is 11.5 Å². The van der Waals surface area contributed by atoms with Gasteiger partial charge in [-0.05, 0) is 30.5 Å². The highest BCUT2D eigenvalue weighted by atomic mass is 16.5. The van der Waals surface area contributed by atoms with Gasteiger partial charge in [0.25, 0.3) is 0 Å². The lowest BCUT2D eigenvalue weighted by atomic mass is 9.89. The van der Waals surface area contributed by atoms with Crippen LogP contribution in [-0.2, 0) is 4.74 Å². The van der Waals surface area contributed by atoms with Crippen molar-refractivity contribution in [1.82, 2.24) is 4.98 Å². The molecule has 0 amide bonds. The molecule has 4 heteroatoms. The first-order valence-electron chi connectivity index (χ1n) is 7.63. The Labute approximate surface area is 130 Å². The van der Waals surface area contributed by atoms with Gasteiger partial charge in [0.2, 0.25) is 0 Å². The first kappa shape index (κ1) is 14.6. The van der Waals surface area contributed by atoms with Crippen LogP contribution < -0.4 is 5.32 Å². The predicted molar refractivity (Wildman–Crippen MR) is 85.3 cm³/mol. The summed E-state index contributed by atoms with van der Waals surface area (Å²) in [4.78, 5) is 4.26. The second kappa shape index (κ2) is 7.06. The summed E-state index contributed by atoms with van der Waals surface area (Å²) in [5.74, 6) is 1.23. The maximum absolute atomic E-state index is 8.80. The van der Waals surface area contributed by atoms with E-state index in [4.69, 9.17) is 10.00 Å². The van der Waals surface area contributed by atoms with Crippen LogP contribution in [0.1, 0.15) is 30.1 Å². The van der Waals surface area contributed by atoms with Crippen LogP contribution in [0.15, 0.2) is 48.7 Å². The number of aromatic nitrogens is 1. The lowest BCUT2D eigenvalue weighted by molar-refractivity contribution is -0.0238. The van der Waals surface area contributed by atoms with Crippen molar-refractivity contribution in [3.05, 3.63) is 59.8 Å². The minimum Gasteiger partial charge on any atom is -0.373 e. The van der Waals surface area contributed by atoms with E-state index < -0.39 is 0 Å². The maximum Gasteiger partial charge on any atom is 0.125 e. The predicted octanol–water partition coefficient (Wildman–Crippen LogP) is 3.53. The van der Waals surface area contributed by atoms with Crippen molar-refractivity contribution >= 4 is 5.82 Å². The molecule has 112 valence electrons. The summed E-state index contributed by atoms with van der Waals surface area (Å²) >= 11 is 0. The molecule has 1 aliphatic rings. The van der Waals surface area contributed by atoms with Crippen LogP contribution in [-0.4, -0.2) is 18.1 Å². The number of pyridine rings is 1. The number of nitriles is 1. The zero-order valence-electron chi connectivity index (χ0n) is 12.4. The van der Waals surface area contributed by atoms with E-state index in [1.54, 1.807) is 12.3 Å². The molecule has 2 atom stereocenters. The van der Waals surface area contributed by atoms with E-state index in [2.05, 4.69) is 40.6 Å². The summed E-state index contributed by atoms with van der Waals surface area (Å²) in [6.45, 7) is 1.64. The lowest BCUT2D eigenvalue weighted by Crippen LogP contribution is -2.28. The topological polar surface area (TPSA) is 57.9 Å². The fourth-order valence-corrected chi connectivity index (χ4v) is 2.86. The Morgan fingerprint density at radius 3 is 2.82 bits per heavy atom. The molecule has 4 nitrogen and oxygen atoms in total. The molecule has 3 rings (SSSR count). The molecule has 2 heterocycles. The van der Waals surface area contributed by atoms with Gasteiger partial charge >= 0.3 is 0 Å². The average Bonchev–Trinajstić information content (AvgIpc) is 2.61. The smallest absolute Gasteiger partial charge is 0.125 e. The van der Waals surface area contributed by atoms with Crippen LogP contribution in [0.2, 0.25) is 0 Å². The summed E-state index contributed by atoms with van der Waals surface area (Å²) in [6, 6.07) is 16.1. The summed E-state index contributed by atoms with van der Waals surface area (Å²) in [6.07, 6.45) is 3.97. The maximum atomic E-state index is 8.80. The monoisotopic (exact) mass is 293 g/mol. The van der Waals surface area contributed by atoms with Crippen molar-refractivity contribution < 1.29 is 4.74 Å². The number of hydrogen-bond donors (Lipinski definition) is 1. The molecule has 1 N–H and O–H groups in total. The van der Waals surface area contributed by atoms with E-state index in [9.17, 15) is 0 Å². The number of anilines is 1. The highest BCUT2D eigenvalue weighted by Gasteiger charge is 2.27. The van der Waals surface area contributed by atoms with Crippen molar-refractivity contribution in [1.29, 1.82) is 5.26 Å². The Morgan fingerprint density at radius 2 is 2.09 bits per heavy atom. The molecule has 0 bridgehead atoms. The molecule has 0 spiro atoms. The minimum absolute atomic E-state index is 0.140. The molecule has 1 fully saturated rings. The van der Waals surface area contributed by atoms with Crippen LogP contribution in [0.4, 0.5) is 5.82 Å². The number of hydrogen-bond acceptors (Lipinski definition) is 4. The van der Waals surface area contributed by atoms with Gasteiger partial charge in [0.15, 0.2) is 0 Å². The number of nitrogens with one attached hydrogen (secondary N) is 1. The van der Waals surface area contributed by atoms with Crippen molar-refractivity contribution in [2.24, 2.45) is 5.92 Å². The van der Waals surface area contributed by atoms with Gasteiger partial charge in [0, 0.05) is 25.3 Å². The molecule has 1 aromatic heterocycles. The second-order valence-corrected chi connectivity index (χ2v) is 5.53. The summed E-state index contributed by atoms with van der Waals surface area (Å²) in [5, 5.41) is 12.2. The highest BCUT2D eigenvalue weighted by Crippen LogP contribution is 2.33. The van der Waals surface area contributed by atoms with Gasteiger partial charge in [-0.15, -0.1) is 0 Å². The minimum atomic E-state index is 0.140. The van der Waals surface area contributed by atoms with Gasteiger partial charge in [0.1, 0.15) is 11.9 Å². The Hall–Kier alpha value is -2.38. The second-order valence-electron chi connectivity index (χ2n) is 5.53.